The first-order valence-electron chi connectivity index (χ1n) is 10.2. The Kier molecular flexibility index (Phi) is 5.80. The van der Waals surface area contributed by atoms with Crippen LogP contribution < -0.4 is 5.32 Å². The van der Waals surface area contributed by atoms with E-state index in [1.54, 1.807) is 17.4 Å². The molecule has 154 valence electrons. The van der Waals surface area contributed by atoms with E-state index in [1.165, 1.54) is 0 Å². The highest BCUT2D eigenvalue weighted by molar-refractivity contribution is 5.81. The summed E-state index contributed by atoms with van der Waals surface area (Å²) in [7, 11) is 0. The van der Waals surface area contributed by atoms with Crippen molar-refractivity contribution in [3.63, 3.8) is 0 Å². The minimum absolute atomic E-state index is 0.0638. The third-order valence-electron chi connectivity index (χ3n) is 5.62. The van der Waals surface area contributed by atoms with E-state index in [0.717, 1.165) is 24.1 Å². The predicted molar refractivity (Wildman–Crippen MR) is 108 cm³/mol. The number of nitrogens with one attached hydrogen (secondary N) is 1. The second-order valence-corrected chi connectivity index (χ2v) is 7.55. The van der Waals surface area contributed by atoms with Gasteiger partial charge >= 0.3 is 6.03 Å². The van der Waals surface area contributed by atoms with Gasteiger partial charge in [-0.1, -0.05) is 12.1 Å². The first-order chi connectivity index (χ1) is 14.1. The van der Waals surface area contributed by atoms with Crippen molar-refractivity contribution in [2.75, 3.05) is 32.8 Å². The number of aromatic nitrogens is 2. The zero-order chi connectivity index (χ0) is 20.2. The van der Waals surface area contributed by atoms with Gasteiger partial charge in [0.15, 0.2) is 0 Å². The van der Waals surface area contributed by atoms with Crippen molar-refractivity contribution in [3.05, 3.63) is 48.5 Å². The van der Waals surface area contributed by atoms with Crippen LogP contribution in [0.5, 0.6) is 0 Å². The second-order valence-electron chi connectivity index (χ2n) is 7.55. The lowest BCUT2D eigenvalue weighted by Crippen LogP contribution is -2.55. The molecule has 2 fully saturated rings. The number of urea groups is 1. The molecule has 2 aromatic rings. The molecule has 2 unspecified atom stereocenters. The maximum atomic E-state index is 12.6. The van der Waals surface area contributed by atoms with Crippen LogP contribution in [0.15, 0.2) is 43.0 Å². The topological polar surface area (TPSA) is 79.7 Å². The van der Waals surface area contributed by atoms with Gasteiger partial charge in [0.05, 0.1) is 12.4 Å². The Morgan fingerprint density at radius 2 is 1.86 bits per heavy atom. The van der Waals surface area contributed by atoms with Crippen LogP contribution in [0.2, 0.25) is 0 Å². The predicted octanol–water partition coefficient (Wildman–Crippen LogP) is 1.97. The summed E-state index contributed by atoms with van der Waals surface area (Å²) in [6.07, 6.45) is 6.84. The zero-order valence-electron chi connectivity index (χ0n) is 16.7. The number of ether oxygens (including phenoxy) is 1. The Balaban J connectivity index is 1.27. The molecule has 2 atom stereocenters. The van der Waals surface area contributed by atoms with Crippen molar-refractivity contribution in [1.29, 1.82) is 0 Å². The van der Waals surface area contributed by atoms with Gasteiger partial charge in [0.2, 0.25) is 0 Å². The lowest BCUT2D eigenvalue weighted by atomic mass is 10.1. The summed E-state index contributed by atoms with van der Waals surface area (Å²) in [5, 5.41) is 3.06. The van der Waals surface area contributed by atoms with Crippen LogP contribution in [0, 0.1) is 0 Å². The first-order valence-corrected chi connectivity index (χ1v) is 10.2. The van der Waals surface area contributed by atoms with Crippen LogP contribution in [0.1, 0.15) is 31.4 Å². The molecular formula is C21H27N5O3. The molecule has 4 rings (SSSR count). The molecule has 1 N–H and O–H groups in total. The van der Waals surface area contributed by atoms with Gasteiger partial charge < -0.3 is 24.4 Å². The van der Waals surface area contributed by atoms with Gasteiger partial charge in [0.25, 0.3) is 5.91 Å². The van der Waals surface area contributed by atoms with E-state index in [-0.39, 0.29) is 24.1 Å². The fourth-order valence-electron chi connectivity index (χ4n) is 3.81. The van der Waals surface area contributed by atoms with Crippen LogP contribution >= 0.6 is 0 Å². The van der Waals surface area contributed by atoms with Crippen molar-refractivity contribution in [1.82, 2.24) is 24.7 Å². The van der Waals surface area contributed by atoms with E-state index in [0.29, 0.717) is 32.8 Å². The average Bonchev–Trinajstić information content (AvgIpc) is 3.47. The van der Waals surface area contributed by atoms with E-state index in [4.69, 9.17) is 4.74 Å². The van der Waals surface area contributed by atoms with Crippen LogP contribution in [0.4, 0.5) is 4.79 Å². The number of imidazole rings is 1. The monoisotopic (exact) mass is 397 g/mol. The number of amides is 3. The van der Waals surface area contributed by atoms with E-state index in [1.807, 2.05) is 46.9 Å². The summed E-state index contributed by atoms with van der Waals surface area (Å²) in [6, 6.07) is 7.84. The van der Waals surface area contributed by atoms with Crippen molar-refractivity contribution in [3.8, 4) is 5.69 Å². The Morgan fingerprint density at radius 1 is 1.14 bits per heavy atom. The number of rotatable bonds is 4. The molecule has 1 aromatic heterocycles. The highest BCUT2D eigenvalue weighted by atomic mass is 16.5. The SMILES string of the molecule is CC(NC(=O)N1CCN(C(=O)C2CCCO2)CC1)c1ccc(-n2ccnc2)cc1. The molecule has 29 heavy (non-hydrogen) atoms. The van der Waals surface area contributed by atoms with Gasteiger partial charge in [-0.15, -0.1) is 0 Å². The highest BCUT2D eigenvalue weighted by Gasteiger charge is 2.31. The van der Waals surface area contributed by atoms with E-state index in [9.17, 15) is 9.59 Å². The standard InChI is InChI=1S/C21H27N5O3/c1-16(17-4-6-18(7-5-17)26-9-8-22-15-26)23-21(28)25-12-10-24(11-13-25)20(27)19-3-2-14-29-19/h4-9,15-16,19H,2-3,10-14H2,1H3,(H,23,28). The smallest absolute Gasteiger partial charge is 0.317 e. The molecule has 0 spiro atoms. The lowest BCUT2D eigenvalue weighted by Gasteiger charge is -2.36. The first kappa shape index (κ1) is 19.4. The number of benzene rings is 1. The Bertz CT molecular complexity index is 823. The maximum Gasteiger partial charge on any atom is 0.317 e. The molecule has 2 aliphatic rings. The fourth-order valence-corrected chi connectivity index (χ4v) is 3.81. The van der Waals surface area contributed by atoms with E-state index < -0.39 is 0 Å². The van der Waals surface area contributed by atoms with Crippen molar-refractivity contribution in [2.45, 2.75) is 31.9 Å². The van der Waals surface area contributed by atoms with Gasteiger partial charge in [-0.2, -0.15) is 0 Å². The third kappa shape index (κ3) is 4.42. The average molecular weight is 397 g/mol. The molecule has 2 aliphatic heterocycles. The van der Waals surface area contributed by atoms with Gasteiger partial charge in [0.1, 0.15) is 6.10 Å². The molecule has 0 aliphatic carbocycles. The van der Waals surface area contributed by atoms with Crippen LogP contribution in [0.3, 0.4) is 0 Å². The van der Waals surface area contributed by atoms with Crippen LogP contribution in [0.25, 0.3) is 5.69 Å². The van der Waals surface area contributed by atoms with E-state index in [2.05, 4.69) is 10.3 Å². The number of hydrogen-bond acceptors (Lipinski definition) is 4. The third-order valence-corrected chi connectivity index (χ3v) is 5.62. The molecule has 0 radical (unpaired) electrons. The quantitative estimate of drug-likeness (QED) is 0.855. The van der Waals surface area contributed by atoms with Crippen molar-refractivity contribution < 1.29 is 14.3 Å². The van der Waals surface area contributed by atoms with Gasteiger partial charge in [-0.3, -0.25) is 4.79 Å². The largest absolute Gasteiger partial charge is 0.368 e. The summed E-state index contributed by atoms with van der Waals surface area (Å²) in [5.41, 5.74) is 2.06. The minimum atomic E-state index is -0.291. The van der Waals surface area contributed by atoms with E-state index >= 15 is 0 Å². The van der Waals surface area contributed by atoms with Crippen molar-refractivity contribution in [2.24, 2.45) is 0 Å². The number of hydrogen-bond donors (Lipinski definition) is 1. The number of nitrogens with zero attached hydrogens (tertiary/aromatic N) is 4. The molecule has 1 aromatic carbocycles. The molecule has 0 bridgehead atoms. The second kappa shape index (κ2) is 8.65. The van der Waals surface area contributed by atoms with Crippen LogP contribution in [-0.2, 0) is 9.53 Å². The van der Waals surface area contributed by atoms with Gasteiger partial charge in [-0.05, 0) is 37.5 Å². The Hall–Kier alpha value is -2.87. The van der Waals surface area contributed by atoms with Crippen molar-refractivity contribution >= 4 is 11.9 Å². The molecule has 8 nitrogen and oxygen atoms in total. The highest BCUT2D eigenvalue weighted by Crippen LogP contribution is 2.18. The van der Waals surface area contributed by atoms with Crippen LogP contribution in [-0.4, -0.2) is 70.2 Å². The molecule has 0 saturated carbocycles. The summed E-state index contributed by atoms with van der Waals surface area (Å²) < 4.78 is 7.42. The molecule has 3 heterocycles. The normalized spacial score (nSPS) is 20.5. The lowest BCUT2D eigenvalue weighted by molar-refractivity contribution is -0.142. The summed E-state index contributed by atoms with van der Waals surface area (Å²) in [5.74, 6) is 0.0638. The minimum Gasteiger partial charge on any atom is -0.368 e. The number of piperazine rings is 1. The number of carbonyl (C=O) groups is 2. The molecular weight excluding hydrogens is 370 g/mol. The fraction of sp³-hybridized carbons (Fsp3) is 0.476. The zero-order valence-corrected chi connectivity index (χ0v) is 16.7. The van der Waals surface area contributed by atoms with Gasteiger partial charge in [0, 0.05) is 50.9 Å². The summed E-state index contributed by atoms with van der Waals surface area (Å²) in [4.78, 5) is 32.7. The molecule has 2 saturated heterocycles. The summed E-state index contributed by atoms with van der Waals surface area (Å²) >= 11 is 0. The molecule has 3 amide bonds. The molecule has 8 heteroatoms. The summed E-state index contributed by atoms with van der Waals surface area (Å²) in [6.45, 7) is 4.83. The Morgan fingerprint density at radius 3 is 2.48 bits per heavy atom. The number of carbonyl (C=O) groups excluding carboxylic acids is 2. The van der Waals surface area contributed by atoms with Gasteiger partial charge in [-0.25, -0.2) is 9.78 Å². The maximum absolute atomic E-state index is 12.6. The Labute approximate surface area is 170 Å².